The van der Waals surface area contributed by atoms with E-state index in [4.69, 9.17) is 0 Å². The van der Waals surface area contributed by atoms with E-state index < -0.39 is 0 Å². The van der Waals surface area contributed by atoms with Crippen molar-refractivity contribution in [2.24, 2.45) is 0 Å². The van der Waals surface area contributed by atoms with Gasteiger partial charge in [-0.15, -0.1) is 0 Å². The van der Waals surface area contributed by atoms with Crippen molar-refractivity contribution in [3.63, 3.8) is 0 Å². The van der Waals surface area contributed by atoms with E-state index in [-0.39, 0.29) is 6.61 Å². The molecule has 0 N–H and O–H groups in total. The smallest absolute Gasteiger partial charge is 0.0949 e. The van der Waals surface area contributed by atoms with Crippen LogP contribution in [0.5, 0.6) is 0 Å². The fourth-order valence-corrected chi connectivity index (χ4v) is 1.44. The van der Waals surface area contributed by atoms with Gasteiger partial charge in [0.15, 0.2) is 0 Å². The molecule has 1 aliphatic heterocycles. The summed E-state index contributed by atoms with van der Waals surface area (Å²) in [4.78, 5) is 2.27. The lowest BCUT2D eigenvalue weighted by Gasteiger charge is -2.18. The molecule has 1 atom stereocenters. The highest BCUT2D eigenvalue weighted by atomic mass is 16.3. The molecule has 9 heavy (non-hydrogen) atoms. The molecule has 1 saturated heterocycles. The molecule has 0 aromatic rings. The lowest BCUT2D eigenvalue weighted by Crippen LogP contribution is -2.29. The van der Waals surface area contributed by atoms with Gasteiger partial charge in [0.2, 0.25) is 0 Å². The van der Waals surface area contributed by atoms with Crippen molar-refractivity contribution in [3.05, 3.63) is 0 Å². The Bertz CT molecular complexity index is 85.0. The molecule has 1 radical (unpaired) electrons. The fraction of sp³-hybridized carbons (Fsp3) is 1.00. The number of hydrogen-bond donors (Lipinski definition) is 0. The first-order valence-corrected chi connectivity index (χ1v) is 3.66. The van der Waals surface area contributed by atoms with E-state index in [1.165, 1.54) is 12.8 Å². The molecule has 0 aromatic carbocycles. The number of hydrogen-bond acceptors (Lipinski definition) is 1. The van der Waals surface area contributed by atoms with Crippen LogP contribution < -0.4 is 0 Å². The SMILES string of the molecule is CC1CCCN1CC[O]. The maximum absolute atomic E-state index is 10.2. The van der Waals surface area contributed by atoms with E-state index in [1.807, 2.05) is 0 Å². The monoisotopic (exact) mass is 128 g/mol. The summed E-state index contributed by atoms with van der Waals surface area (Å²) in [6.07, 6.45) is 2.56. The molecular weight excluding hydrogens is 114 g/mol. The maximum Gasteiger partial charge on any atom is 0.0949 e. The predicted molar refractivity (Wildman–Crippen MR) is 35.8 cm³/mol. The fourth-order valence-electron chi connectivity index (χ4n) is 1.44. The van der Waals surface area contributed by atoms with E-state index in [9.17, 15) is 5.11 Å². The average Bonchev–Trinajstić information content (AvgIpc) is 2.18. The van der Waals surface area contributed by atoms with E-state index in [0.717, 1.165) is 13.1 Å². The van der Waals surface area contributed by atoms with Gasteiger partial charge in [0.05, 0.1) is 6.61 Å². The first-order valence-electron chi connectivity index (χ1n) is 3.66. The quantitative estimate of drug-likeness (QED) is 0.542. The van der Waals surface area contributed by atoms with Crippen LogP contribution in [-0.2, 0) is 5.11 Å². The lowest BCUT2D eigenvalue weighted by atomic mass is 10.2. The summed E-state index contributed by atoms with van der Waals surface area (Å²) in [5.74, 6) is 0. The van der Waals surface area contributed by atoms with Gasteiger partial charge in [-0.2, -0.15) is 0 Å². The van der Waals surface area contributed by atoms with Crippen LogP contribution in [0.15, 0.2) is 0 Å². The van der Waals surface area contributed by atoms with Crippen LogP contribution in [0.3, 0.4) is 0 Å². The molecule has 0 aliphatic carbocycles. The molecule has 1 fully saturated rings. The zero-order valence-electron chi connectivity index (χ0n) is 5.97. The van der Waals surface area contributed by atoms with Crippen molar-refractivity contribution in [2.75, 3.05) is 19.7 Å². The predicted octanol–water partition coefficient (Wildman–Crippen LogP) is 0.901. The van der Waals surface area contributed by atoms with Crippen LogP contribution in [0.2, 0.25) is 0 Å². The highest BCUT2D eigenvalue weighted by Gasteiger charge is 2.18. The third-order valence-corrected chi connectivity index (χ3v) is 2.07. The Balaban J connectivity index is 2.22. The number of likely N-dealkylation sites (tertiary alicyclic amines) is 1. The molecule has 53 valence electrons. The minimum absolute atomic E-state index is 0.0599. The van der Waals surface area contributed by atoms with E-state index in [0.29, 0.717) is 6.04 Å². The Labute approximate surface area is 56.5 Å². The van der Waals surface area contributed by atoms with Crippen LogP contribution >= 0.6 is 0 Å². The summed E-state index contributed by atoms with van der Waals surface area (Å²) >= 11 is 0. The first kappa shape index (κ1) is 7.03. The van der Waals surface area contributed by atoms with Crippen LogP contribution in [0.1, 0.15) is 19.8 Å². The second-order valence-corrected chi connectivity index (χ2v) is 2.73. The Morgan fingerprint density at radius 1 is 1.67 bits per heavy atom. The van der Waals surface area contributed by atoms with Crippen LogP contribution in [0.4, 0.5) is 0 Å². The van der Waals surface area contributed by atoms with E-state index in [2.05, 4.69) is 11.8 Å². The molecule has 0 aromatic heterocycles. The Morgan fingerprint density at radius 3 is 2.89 bits per heavy atom. The Hall–Kier alpha value is -0.0800. The Kier molecular flexibility index (Phi) is 2.49. The van der Waals surface area contributed by atoms with Crippen molar-refractivity contribution in [1.29, 1.82) is 0 Å². The highest BCUT2D eigenvalue weighted by molar-refractivity contribution is 4.74. The molecule has 2 heteroatoms. The van der Waals surface area contributed by atoms with E-state index >= 15 is 0 Å². The van der Waals surface area contributed by atoms with Gasteiger partial charge in [-0.1, -0.05) is 0 Å². The molecule has 0 spiro atoms. The second kappa shape index (κ2) is 3.18. The Morgan fingerprint density at radius 2 is 2.44 bits per heavy atom. The van der Waals surface area contributed by atoms with Gasteiger partial charge in [-0.3, -0.25) is 4.90 Å². The summed E-state index contributed by atoms with van der Waals surface area (Å²) in [7, 11) is 0. The highest BCUT2D eigenvalue weighted by Crippen LogP contribution is 2.14. The zero-order valence-corrected chi connectivity index (χ0v) is 5.97. The first-order chi connectivity index (χ1) is 4.34. The largest absolute Gasteiger partial charge is 0.298 e. The van der Waals surface area contributed by atoms with Gasteiger partial charge in [0, 0.05) is 12.6 Å². The molecule has 1 unspecified atom stereocenters. The van der Waals surface area contributed by atoms with E-state index in [1.54, 1.807) is 0 Å². The normalized spacial score (nSPS) is 29.3. The third kappa shape index (κ3) is 1.66. The second-order valence-electron chi connectivity index (χ2n) is 2.73. The minimum Gasteiger partial charge on any atom is -0.298 e. The molecule has 0 bridgehead atoms. The van der Waals surface area contributed by atoms with Crippen LogP contribution in [0.25, 0.3) is 0 Å². The minimum atomic E-state index is 0.0599. The summed E-state index contributed by atoms with van der Waals surface area (Å²) in [5, 5.41) is 10.2. The van der Waals surface area contributed by atoms with Crippen molar-refractivity contribution < 1.29 is 5.11 Å². The zero-order chi connectivity index (χ0) is 6.69. The summed E-state index contributed by atoms with van der Waals surface area (Å²) < 4.78 is 0. The molecule has 1 aliphatic rings. The topological polar surface area (TPSA) is 23.1 Å². The lowest BCUT2D eigenvalue weighted by molar-refractivity contribution is 0.137. The molecule has 0 saturated carbocycles. The van der Waals surface area contributed by atoms with Gasteiger partial charge in [-0.05, 0) is 26.3 Å². The van der Waals surface area contributed by atoms with Gasteiger partial charge in [0.1, 0.15) is 0 Å². The molecule has 2 nitrogen and oxygen atoms in total. The number of nitrogens with zero attached hydrogens (tertiary/aromatic N) is 1. The van der Waals surface area contributed by atoms with Crippen LogP contribution in [0, 0.1) is 0 Å². The standard InChI is InChI=1S/C7H14NO/c1-7-3-2-4-8(7)5-6-9/h7H,2-6H2,1H3. The molecule has 1 rings (SSSR count). The van der Waals surface area contributed by atoms with Crippen molar-refractivity contribution in [1.82, 2.24) is 4.90 Å². The van der Waals surface area contributed by atoms with Gasteiger partial charge in [-0.25, -0.2) is 5.11 Å². The molecular formula is C7H14NO. The average molecular weight is 128 g/mol. The third-order valence-electron chi connectivity index (χ3n) is 2.07. The van der Waals surface area contributed by atoms with Crippen molar-refractivity contribution >= 4 is 0 Å². The summed E-state index contributed by atoms with van der Waals surface area (Å²) in [5.41, 5.74) is 0. The summed E-state index contributed by atoms with van der Waals surface area (Å²) in [6, 6.07) is 0.666. The molecule has 0 amide bonds. The van der Waals surface area contributed by atoms with Crippen molar-refractivity contribution in [3.8, 4) is 0 Å². The number of rotatable bonds is 2. The maximum atomic E-state index is 10.2. The van der Waals surface area contributed by atoms with Gasteiger partial charge >= 0.3 is 0 Å². The molecule has 1 heterocycles. The van der Waals surface area contributed by atoms with Crippen molar-refractivity contribution in [2.45, 2.75) is 25.8 Å². The summed E-state index contributed by atoms with van der Waals surface area (Å²) in [6.45, 7) is 4.15. The van der Waals surface area contributed by atoms with Gasteiger partial charge < -0.3 is 0 Å². The van der Waals surface area contributed by atoms with Gasteiger partial charge in [0.25, 0.3) is 0 Å². The van der Waals surface area contributed by atoms with Crippen LogP contribution in [-0.4, -0.2) is 30.6 Å².